The molecular formula is C44H92O4P2S. The molecule has 0 heterocycles. The summed E-state index contributed by atoms with van der Waals surface area (Å²) in [6.45, 7) is 9.36. The van der Waals surface area contributed by atoms with Gasteiger partial charge in [0, 0.05) is 10.4 Å². The zero-order valence-electron chi connectivity index (χ0n) is 35.0. The summed E-state index contributed by atoms with van der Waals surface area (Å²) in [6, 6.07) is 0. The predicted molar refractivity (Wildman–Crippen MR) is 238 cm³/mol. The van der Waals surface area contributed by atoms with Gasteiger partial charge in [0.05, 0.1) is 12.3 Å². The molecule has 0 aromatic heterocycles. The van der Waals surface area contributed by atoms with E-state index >= 15 is 0 Å². The Balaban J connectivity index is -0.000000796. The van der Waals surface area contributed by atoms with Crippen molar-refractivity contribution in [3.63, 3.8) is 0 Å². The summed E-state index contributed by atoms with van der Waals surface area (Å²) in [7, 11) is -0.942. The summed E-state index contributed by atoms with van der Waals surface area (Å²) in [4.78, 5) is 0. The molecular weight excluding hydrogens is 686 g/mol. The number of unbranched alkanes of at least 4 members (excludes halogenated alkanes) is 22. The van der Waals surface area contributed by atoms with E-state index in [0.717, 1.165) is 11.8 Å². The van der Waals surface area contributed by atoms with Gasteiger partial charge in [-0.25, -0.2) is 0 Å². The van der Waals surface area contributed by atoms with Crippen LogP contribution in [0, 0.1) is 11.8 Å². The molecule has 0 aliphatic rings. The fourth-order valence-corrected chi connectivity index (χ4v) is 7.32. The summed E-state index contributed by atoms with van der Waals surface area (Å²) in [5.74, 6) is 1.98. The zero-order chi connectivity index (χ0) is 38.5. The van der Waals surface area contributed by atoms with E-state index in [1.807, 2.05) is 0 Å². The van der Waals surface area contributed by atoms with Gasteiger partial charge in [-0.3, -0.25) is 8.42 Å². The van der Waals surface area contributed by atoms with Crippen molar-refractivity contribution in [2.75, 3.05) is 12.3 Å². The van der Waals surface area contributed by atoms with Crippen LogP contribution in [0.2, 0.25) is 0 Å². The first-order valence-corrected chi connectivity index (χ1v) is 25.6. The second-order valence-corrected chi connectivity index (χ2v) is 17.2. The highest BCUT2D eigenvalue weighted by molar-refractivity contribution is 7.79. The summed E-state index contributed by atoms with van der Waals surface area (Å²) in [5.41, 5.74) is 0. The maximum Gasteiger partial charge on any atom is 0.0526 e. The van der Waals surface area contributed by atoms with E-state index in [9.17, 15) is 0 Å². The van der Waals surface area contributed by atoms with E-state index < -0.39 is 10.4 Å². The lowest BCUT2D eigenvalue weighted by molar-refractivity contribution is 0.352. The summed E-state index contributed by atoms with van der Waals surface area (Å²) in [5, 5.41) is 0. The standard InChI is InChI=1S/2C22H45P.H2O4S/c2*1-3-22(4-2)20-18-16-14-12-10-8-6-5-7-9-11-13-15-17-19-21-23;1-5(2,3)4/h2*5-6,22H,3-4,7-21,23H2,1-2H3;(H2,1,2,3,4). The monoisotopic (exact) mass is 779 g/mol. The maximum absolute atomic E-state index is 8.52. The summed E-state index contributed by atoms with van der Waals surface area (Å²) >= 11 is 0. The van der Waals surface area contributed by atoms with Crippen LogP contribution in [-0.4, -0.2) is 29.8 Å². The second kappa shape index (κ2) is 48.2. The largest absolute Gasteiger partial charge is 0.759 e. The van der Waals surface area contributed by atoms with Crippen LogP contribution in [0.3, 0.4) is 0 Å². The Kier molecular flexibility index (Phi) is 52.5. The molecule has 0 bridgehead atoms. The van der Waals surface area contributed by atoms with Crippen LogP contribution in [0.4, 0.5) is 0 Å². The molecule has 7 heteroatoms. The minimum atomic E-state index is -5.17. The highest BCUT2D eigenvalue weighted by atomic mass is 32.3. The van der Waals surface area contributed by atoms with Crippen LogP contribution in [-0.2, 0) is 10.4 Å². The average Bonchev–Trinajstić information content (AvgIpc) is 3.11. The van der Waals surface area contributed by atoms with Gasteiger partial charge < -0.3 is 9.11 Å². The normalized spacial score (nSPS) is 11.9. The zero-order valence-corrected chi connectivity index (χ0v) is 38.6. The first-order valence-electron chi connectivity index (χ1n) is 22.2. The molecule has 2 unspecified atom stereocenters. The minimum Gasteiger partial charge on any atom is -0.759 e. The number of hydrogen-bond acceptors (Lipinski definition) is 4. The fourth-order valence-electron chi connectivity index (χ4n) is 6.61. The SMILES string of the molecule is CCC(CC)CCCCCCCC=CCCCCCCCC[PH3+].CCC(CC)CCCCCCCC=CCCCCCCCC[PH3+].O=S(=O)([O-])[O-]. The van der Waals surface area contributed by atoms with Crippen molar-refractivity contribution in [3.8, 4) is 0 Å². The first-order chi connectivity index (χ1) is 24.7. The molecule has 0 saturated heterocycles. The smallest absolute Gasteiger partial charge is 0.0526 e. The van der Waals surface area contributed by atoms with Crippen LogP contribution in [0.25, 0.3) is 0 Å². The van der Waals surface area contributed by atoms with Crippen molar-refractivity contribution in [2.24, 2.45) is 11.8 Å². The van der Waals surface area contributed by atoms with Crippen molar-refractivity contribution in [2.45, 2.75) is 233 Å². The van der Waals surface area contributed by atoms with Crippen molar-refractivity contribution in [3.05, 3.63) is 24.3 Å². The molecule has 0 rings (SSSR count). The molecule has 0 aliphatic heterocycles. The Morgan fingerprint density at radius 3 is 0.804 bits per heavy atom. The van der Waals surface area contributed by atoms with Gasteiger partial charge in [-0.2, -0.15) is 0 Å². The molecule has 0 N–H and O–H groups in total. The minimum absolute atomic E-state index is 0.991. The molecule has 4 nitrogen and oxygen atoms in total. The Labute approximate surface area is 326 Å². The van der Waals surface area contributed by atoms with Gasteiger partial charge >= 0.3 is 0 Å². The third-order valence-electron chi connectivity index (χ3n) is 10.4. The molecule has 0 radical (unpaired) electrons. The predicted octanol–water partition coefficient (Wildman–Crippen LogP) is 14.8. The van der Waals surface area contributed by atoms with Gasteiger partial charge in [0.1, 0.15) is 0 Å². The Hall–Kier alpha value is 0.210. The Bertz CT molecular complexity index is 722. The number of allylic oxidation sites excluding steroid dienone is 4. The molecule has 0 fully saturated rings. The van der Waals surface area contributed by atoms with Crippen molar-refractivity contribution in [1.82, 2.24) is 0 Å². The highest BCUT2D eigenvalue weighted by Gasteiger charge is 2.03. The van der Waals surface area contributed by atoms with Gasteiger partial charge in [0.2, 0.25) is 0 Å². The van der Waals surface area contributed by atoms with Crippen molar-refractivity contribution in [1.29, 1.82) is 0 Å². The molecule has 0 saturated carbocycles. The average molecular weight is 779 g/mol. The fraction of sp³-hybridized carbons (Fsp3) is 0.909. The number of hydrogen-bond donors (Lipinski definition) is 0. The lowest BCUT2D eigenvalue weighted by atomic mass is 9.96. The van der Waals surface area contributed by atoms with Crippen LogP contribution in [0.5, 0.6) is 0 Å². The van der Waals surface area contributed by atoms with E-state index in [1.54, 1.807) is 0 Å². The maximum atomic E-state index is 8.52. The summed E-state index contributed by atoms with van der Waals surface area (Å²) < 4.78 is 34.1. The van der Waals surface area contributed by atoms with E-state index in [4.69, 9.17) is 17.5 Å². The Morgan fingerprint density at radius 2 is 0.588 bits per heavy atom. The van der Waals surface area contributed by atoms with E-state index in [1.165, 1.54) is 218 Å². The molecule has 0 amide bonds. The quantitative estimate of drug-likeness (QED) is 0.0209. The van der Waals surface area contributed by atoms with Gasteiger partial charge in [-0.05, 0) is 107 Å². The third kappa shape index (κ3) is 59.7. The van der Waals surface area contributed by atoms with E-state index in [2.05, 4.69) is 70.5 Å². The highest BCUT2D eigenvalue weighted by Crippen LogP contribution is 2.19. The van der Waals surface area contributed by atoms with Crippen LogP contribution in [0.15, 0.2) is 24.3 Å². The molecule has 51 heavy (non-hydrogen) atoms. The van der Waals surface area contributed by atoms with Gasteiger partial charge in [0.15, 0.2) is 0 Å². The second-order valence-electron chi connectivity index (χ2n) is 14.9. The topological polar surface area (TPSA) is 80.3 Å². The number of rotatable bonds is 36. The van der Waals surface area contributed by atoms with Crippen LogP contribution >= 0.6 is 18.5 Å². The molecule has 0 aromatic carbocycles. The molecule has 2 atom stereocenters. The Morgan fingerprint density at radius 1 is 0.392 bits per heavy atom. The lowest BCUT2D eigenvalue weighted by Gasteiger charge is -2.11. The third-order valence-corrected chi connectivity index (χ3v) is 11.4. The van der Waals surface area contributed by atoms with Gasteiger partial charge in [-0.1, -0.05) is 180 Å². The van der Waals surface area contributed by atoms with Crippen LogP contribution < -0.4 is 0 Å². The van der Waals surface area contributed by atoms with E-state index in [0.29, 0.717) is 0 Å². The molecule has 0 aliphatic carbocycles. The van der Waals surface area contributed by atoms with Gasteiger partial charge in [0.25, 0.3) is 0 Å². The van der Waals surface area contributed by atoms with Crippen LogP contribution in [0.1, 0.15) is 233 Å². The van der Waals surface area contributed by atoms with E-state index in [-0.39, 0.29) is 0 Å². The van der Waals surface area contributed by atoms with Crippen molar-refractivity contribution >= 4 is 28.9 Å². The summed E-state index contributed by atoms with van der Waals surface area (Å²) in [6.07, 6.45) is 57.9. The molecule has 0 aromatic rings. The first kappa shape index (κ1) is 55.5. The lowest BCUT2D eigenvalue weighted by Crippen LogP contribution is -1.96. The van der Waals surface area contributed by atoms with Crippen molar-refractivity contribution < 1.29 is 17.5 Å². The molecule has 0 spiro atoms. The molecule has 308 valence electrons. The van der Waals surface area contributed by atoms with Gasteiger partial charge in [-0.15, -0.1) is 0 Å².